The van der Waals surface area contributed by atoms with Crippen molar-refractivity contribution in [2.45, 2.75) is 19.1 Å². The lowest BCUT2D eigenvalue weighted by atomic mass is 10.2. The van der Waals surface area contributed by atoms with Gasteiger partial charge >= 0.3 is 0 Å². The molecule has 1 unspecified atom stereocenters. The largest absolute Gasteiger partial charge is 0.494 e. The van der Waals surface area contributed by atoms with Crippen LogP contribution >= 0.6 is 0 Å². The second-order valence-electron chi connectivity index (χ2n) is 4.89. The Morgan fingerprint density at radius 1 is 1.45 bits per heavy atom. The Balaban J connectivity index is 2.14. The molecule has 1 aliphatic rings. The van der Waals surface area contributed by atoms with Crippen molar-refractivity contribution in [1.82, 2.24) is 4.90 Å². The average Bonchev–Trinajstić information content (AvgIpc) is 2.42. The second-order valence-corrected chi connectivity index (χ2v) is 7.43. The zero-order chi connectivity index (χ0) is 14.8. The lowest BCUT2D eigenvalue weighted by Crippen LogP contribution is -2.48. The van der Waals surface area contributed by atoms with Crippen LogP contribution in [0.1, 0.15) is 24.2 Å². The predicted octanol–water partition coefficient (Wildman–Crippen LogP) is 1.34. The van der Waals surface area contributed by atoms with Gasteiger partial charge in [0.05, 0.1) is 17.6 Å². The van der Waals surface area contributed by atoms with Crippen molar-refractivity contribution >= 4 is 15.7 Å². The quantitative estimate of drug-likeness (QED) is 0.844. The molecule has 0 aromatic heterocycles. The lowest BCUT2D eigenvalue weighted by molar-refractivity contribution is 0.0760. The molecular formula is C14H19NO4S. The molecule has 5 nitrogen and oxygen atoms in total. The topological polar surface area (TPSA) is 63.7 Å². The number of hydrogen-bond donors (Lipinski definition) is 0. The van der Waals surface area contributed by atoms with E-state index in [0.29, 0.717) is 17.9 Å². The van der Waals surface area contributed by atoms with Crippen molar-refractivity contribution < 1.29 is 17.9 Å². The molecule has 1 fully saturated rings. The van der Waals surface area contributed by atoms with E-state index in [2.05, 4.69) is 0 Å². The Morgan fingerprint density at radius 3 is 2.85 bits per heavy atom. The third kappa shape index (κ3) is 3.12. The van der Waals surface area contributed by atoms with Crippen molar-refractivity contribution in [2.75, 3.05) is 25.4 Å². The number of hydrogen-bond acceptors (Lipinski definition) is 4. The van der Waals surface area contributed by atoms with Crippen LogP contribution in [0.4, 0.5) is 0 Å². The number of amides is 1. The van der Waals surface area contributed by atoms with Gasteiger partial charge in [0.15, 0.2) is 9.84 Å². The molecule has 0 bridgehead atoms. The monoisotopic (exact) mass is 297 g/mol. The van der Waals surface area contributed by atoms with E-state index in [1.54, 1.807) is 36.1 Å². The van der Waals surface area contributed by atoms with Crippen LogP contribution in [0.5, 0.6) is 5.75 Å². The molecule has 0 radical (unpaired) electrons. The third-order valence-electron chi connectivity index (χ3n) is 3.42. The van der Waals surface area contributed by atoms with Gasteiger partial charge in [-0.15, -0.1) is 0 Å². The van der Waals surface area contributed by atoms with Gasteiger partial charge in [-0.3, -0.25) is 4.79 Å². The molecule has 0 saturated carbocycles. The number of carbonyl (C=O) groups excluding carboxylic acids is 1. The van der Waals surface area contributed by atoms with Gasteiger partial charge in [0, 0.05) is 18.7 Å². The Hall–Kier alpha value is -1.56. The molecular weight excluding hydrogens is 278 g/mol. The summed E-state index contributed by atoms with van der Waals surface area (Å²) in [6.45, 7) is 4.57. The minimum absolute atomic E-state index is 0.0328. The standard InChI is InChI=1S/C14H19NO4S/c1-3-19-13-6-4-5-12(9-13)14(16)15-7-8-20(17,18)11(2)10-15/h4-6,9,11H,3,7-8,10H2,1-2H3. The summed E-state index contributed by atoms with van der Waals surface area (Å²) in [5, 5.41) is -0.504. The highest BCUT2D eigenvalue weighted by molar-refractivity contribution is 7.92. The van der Waals surface area contributed by atoms with Crippen LogP contribution in [-0.4, -0.2) is 49.9 Å². The van der Waals surface area contributed by atoms with E-state index in [0.717, 1.165) is 0 Å². The molecule has 1 heterocycles. The third-order valence-corrected chi connectivity index (χ3v) is 5.54. The number of nitrogens with zero attached hydrogens (tertiary/aromatic N) is 1. The molecule has 1 amide bonds. The van der Waals surface area contributed by atoms with Crippen molar-refractivity contribution in [2.24, 2.45) is 0 Å². The van der Waals surface area contributed by atoms with Crippen molar-refractivity contribution in [3.8, 4) is 5.75 Å². The molecule has 2 rings (SSSR count). The van der Waals surface area contributed by atoms with Gasteiger partial charge < -0.3 is 9.64 Å². The van der Waals surface area contributed by atoms with Gasteiger partial charge in [0.2, 0.25) is 0 Å². The fourth-order valence-corrected chi connectivity index (χ4v) is 3.49. The van der Waals surface area contributed by atoms with E-state index < -0.39 is 15.1 Å². The van der Waals surface area contributed by atoms with Gasteiger partial charge in [0.25, 0.3) is 5.91 Å². The Kier molecular flexibility index (Phi) is 4.32. The highest BCUT2D eigenvalue weighted by atomic mass is 32.2. The van der Waals surface area contributed by atoms with Crippen LogP contribution < -0.4 is 4.74 Å². The number of benzene rings is 1. The highest BCUT2D eigenvalue weighted by Gasteiger charge is 2.32. The van der Waals surface area contributed by atoms with E-state index in [9.17, 15) is 13.2 Å². The van der Waals surface area contributed by atoms with E-state index >= 15 is 0 Å². The fraction of sp³-hybridized carbons (Fsp3) is 0.500. The highest BCUT2D eigenvalue weighted by Crippen LogP contribution is 2.18. The summed E-state index contributed by atoms with van der Waals surface area (Å²) in [6, 6.07) is 6.98. The summed E-state index contributed by atoms with van der Waals surface area (Å²) in [7, 11) is -3.05. The van der Waals surface area contributed by atoms with Crippen LogP contribution in [0, 0.1) is 0 Å². The first-order valence-corrected chi connectivity index (χ1v) is 8.39. The summed E-state index contributed by atoms with van der Waals surface area (Å²) in [4.78, 5) is 14.0. The summed E-state index contributed by atoms with van der Waals surface area (Å²) in [5.41, 5.74) is 0.530. The Morgan fingerprint density at radius 2 is 2.20 bits per heavy atom. The van der Waals surface area contributed by atoms with Crippen molar-refractivity contribution in [1.29, 1.82) is 0 Å². The Labute approximate surface area is 119 Å². The molecule has 1 saturated heterocycles. The van der Waals surface area contributed by atoms with Gasteiger partial charge in [-0.05, 0) is 32.0 Å². The molecule has 1 atom stereocenters. The van der Waals surface area contributed by atoms with E-state index in [-0.39, 0.29) is 24.7 Å². The molecule has 110 valence electrons. The average molecular weight is 297 g/mol. The first kappa shape index (κ1) is 14.8. The van der Waals surface area contributed by atoms with Crippen molar-refractivity contribution in [3.63, 3.8) is 0 Å². The first-order chi connectivity index (χ1) is 9.44. The maximum absolute atomic E-state index is 12.4. The normalized spacial score (nSPS) is 21.5. The smallest absolute Gasteiger partial charge is 0.254 e. The van der Waals surface area contributed by atoms with Crippen LogP contribution in [0.15, 0.2) is 24.3 Å². The van der Waals surface area contributed by atoms with Crippen molar-refractivity contribution in [3.05, 3.63) is 29.8 Å². The maximum atomic E-state index is 12.4. The van der Waals surface area contributed by atoms with Gasteiger partial charge in [-0.2, -0.15) is 0 Å². The molecule has 0 aliphatic carbocycles. The molecule has 0 spiro atoms. The predicted molar refractivity (Wildman–Crippen MR) is 76.8 cm³/mol. The molecule has 6 heteroatoms. The van der Waals surface area contributed by atoms with E-state index in [4.69, 9.17) is 4.74 Å². The number of carbonyl (C=O) groups is 1. The molecule has 1 aromatic carbocycles. The zero-order valence-electron chi connectivity index (χ0n) is 11.7. The van der Waals surface area contributed by atoms with E-state index in [1.165, 1.54) is 0 Å². The summed E-state index contributed by atoms with van der Waals surface area (Å²) in [5.74, 6) is 0.537. The summed E-state index contributed by atoms with van der Waals surface area (Å²) < 4.78 is 28.7. The molecule has 1 aromatic rings. The lowest BCUT2D eigenvalue weighted by Gasteiger charge is -2.31. The molecule has 1 aliphatic heterocycles. The Bertz CT molecular complexity index is 597. The van der Waals surface area contributed by atoms with Crippen LogP contribution in [0.25, 0.3) is 0 Å². The SMILES string of the molecule is CCOc1cccc(C(=O)N2CCS(=O)(=O)C(C)C2)c1. The van der Waals surface area contributed by atoms with Crippen LogP contribution in [-0.2, 0) is 9.84 Å². The van der Waals surface area contributed by atoms with Gasteiger partial charge in [-0.25, -0.2) is 8.42 Å². The summed E-state index contributed by atoms with van der Waals surface area (Å²) in [6.07, 6.45) is 0. The van der Waals surface area contributed by atoms with Crippen LogP contribution in [0.2, 0.25) is 0 Å². The minimum Gasteiger partial charge on any atom is -0.494 e. The van der Waals surface area contributed by atoms with E-state index in [1.807, 2.05) is 6.92 Å². The molecule has 20 heavy (non-hydrogen) atoms. The minimum atomic E-state index is -3.05. The van der Waals surface area contributed by atoms with Gasteiger partial charge in [-0.1, -0.05) is 6.07 Å². The number of ether oxygens (including phenoxy) is 1. The van der Waals surface area contributed by atoms with Crippen LogP contribution in [0.3, 0.4) is 0 Å². The first-order valence-electron chi connectivity index (χ1n) is 6.67. The maximum Gasteiger partial charge on any atom is 0.254 e. The number of sulfone groups is 1. The van der Waals surface area contributed by atoms with Gasteiger partial charge in [0.1, 0.15) is 5.75 Å². The summed E-state index contributed by atoms with van der Waals surface area (Å²) >= 11 is 0. The number of rotatable bonds is 3. The fourth-order valence-electron chi connectivity index (χ4n) is 2.21. The zero-order valence-corrected chi connectivity index (χ0v) is 12.5. The second kappa shape index (κ2) is 5.83. The molecule has 0 N–H and O–H groups in total.